The van der Waals surface area contributed by atoms with Crippen molar-refractivity contribution in [2.45, 2.75) is 38.0 Å². The van der Waals surface area contributed by atoms with Gasteiger partial charge in [0.15, 0.2) is 0 Å². The molecule has 0 aromatic heterocycles. The summed E-state index contributed by atoms with van der Waals surface area (Å²) in [6, 6.07) is 15.8. The molecule has 0 heterocycles. The van der Waals surface area contributed by atoms with Crippen molar-refractivity contribution in [1.29, 1.82) is 0 Å². The number of carbonyl (C=O) groups excluding carboxylic acids is 2. The number of hydrogen-bond donors (Lipinski definition) is 3. The number of hydrogen-bond acceptors (Lipinski definition) is 3. The first kappa shape index (κ1) is 20.5. The number of benzene rings is 2. The summed E-state index contributed by atoms with van der Waals surface area (Å²) >= 11 is 0. The first-order valence-corrected chi connectivity index (χ1v) is 8.50. The van der Waals surface area contributed by atoms with E-state index < -0.39 is 29.9 Å². The quantitative estimate of drug-likeness (QED) is 0.660. The van der Waals surface area contributed by atoms with E-state index >= 15 is 0 Å². The van der Waals surface area contributed by atoms with Gasteiger partial charge < -0.3 is 15.7 Å². The average Bonchev–Trinajstić information content (AvgIpc) is 2.66. The Morgan fingerprint density at radius 3 is 2.04 bits per heavy atom. The molecule has 0 aliphatic carbocycles. The Morgan fingerprint density at radius 1 is 1.00 bits per heavy atom. The lowest BCUT2D eigenvalue weighted by atomic mass is 9.96. The minimum atomic E-state index is -4.07. The lowest BCUT2D eigenvalue weighted by molar-refractivity contribution is -0.167. The zero-order valence-corrected chi connectivity index (χ0v) is 14.9. The van der Waals surface area contributed by atoms with Gasteiger partial charge in [0.25, 0.3) is 5.91 Å². The van der Waals surface area contributed by atoms with E-state index in [-0.39, 0.29) is 13.0 Å². The highest BCUT2D eigenvalue weighted by Gasteiger charge is 2.50. The highest BCUT2D eigenvalue weighted by atomic mass is 19.3. The molecule has 2 aromatic carbocycles. The van der Waals surface area contributed by atoms with Gasteiger partial charge in [0.05, 0.1) is 6.04 Å². The van der Waals surface area contributed by atoms with E-state index in [1.54, 1.807) is 60.7 Å². The van der Waals surface area contributed by atoms with E-state index in [2.05, 4.69) is 10.6 Å². The van der Waals surface area contributed by atoms with Crippen LogP contribution in [0, 0.1) is 0 Å². The Hall–Kier alpha value is -2.80. The number of aliphatic hydroxyl groups is 1. The molecule has 144 valence electrons. The Balaban J connectivity index is 2.09. The van der Waals surface area contributed by atoms with Crippen molar-refractivity contribution >= 4 is 11.8 Å². The average molecular weight is 376 g/mol. The van der Waals surface area contributed by atoms with Gasteiger partial charge in [0.2, 0.25) is 5.91 Å². The predicted molar refractivity (Wildman–Crippen MR) is 97.0 cm³/mol. The van der Waals surface area contributed by atoms with Crippen molar-refractivity contribution in [3.8, 4) is 0 Å². The first-order valence-electron chi connectivity index (χ1n) is 8.50. The van der Waals surface area contributed by atoms with Gasteiger partial charge in [-0.15, -0.1) is 0 Å². The molecule has 0 fully saturated rings. The minimum Gasteiger partial charge on any atom is -0.384 e. The highest BCUT2D eigenvalue weighted by molar-refractivity contribution is 5.84. The van der Waals surface area contributed by atoms with Crippen LogP contribution in [0.3, 0.4) is 0 Å². The summed E-state index contributed by atoms with van der Waals surface area (Å²) in [5, 5.41) is 14.6. The zero-order chi connectivity index (χ0) is 19.9. The Morgan fingerprint density at radius 2 is 1.52 bits per heavy atom. The zero-order valence-electron chi connectivity index (χ0n) is 14.9. The van der Waals surface area contributed by atoms with Crippen molar-refractivity contribution in [3.05, 3.63) is 71.8 Å². The van der Waals surface area contributed by atoms with Crippen LogP contribution in [0.5, 0.6) is 0 Å². The van der Waals surface area contributed by atoms with Crippen LogP contribution in [0.15, 0.2) is 60.7 Å². The molecule has 5 nitrogen and oxygen atoms in total. The van der Waals surface area contributed by atoms with Crippen LogP contribution in [0.4, 0.5) is 8.78 Å². The Labute approximate surface area is 156 Å². The lowest BCUT2D eigenvalue weighted by Crippen LogP contribution is -2.57. The van der Waals surface area contributed by atoms with Crippen molar-refractivity contribution in [2.75, 3.05) is 0 Å². The summed E-state index contributed by atoms with van der Waals surface area (Å²) in [5.41, 5.74) is 1.30. The highest BCUT2D eigenvalue weighted by Crippen LogP contribution is 2.24. The van der Waals surface area contributed by atoms with Crippen LogP contribution >= 0.6 is 0 Å². The first-order chi connectivity index (χ1) is 12.8. The molecular weight excluding hydrogens is 354 g/mol. The van der Waals surface area contributed by atoms with Crippen molar-refractivity contribution in [1.82, 2.24) is 10.6 Å². The van der Waals surface area contributed by atoms with Gasteiger partial charge in [-0.25, -0.2) is 0 Å². The molecule has 27 heavy (non-hydrogen) atoms. The third kappa shape index (κ3) is 5.86. The van der Waals surface area contributed by atoms with Gasteiger partial charge in [0.1, 0.15) is 6.10 Å². The monoisotopic (exact) mass is 376 g/mol. The molecule has 3 N–H and O–H groups in total. The van der Waals surface area contributed by atoms with E-state index in [9.17, 15) is 23.5 Å². The van der Waals surface area contributed by atoms with Gasteiger partial charge in [-0.1, -0.05) is 60.7 Å². The summed E-state index contributed by atoms with van der Waals surface area (Å²) in [6.45, 7) is 1.07. The van der Waals surface area contributed by atoms with Crippen molar-refractivity contribution in [2.24, 2.45) is 0 Å². The summed E-state index contributed by atoms with van der Waals surface area (Å²) in [7, 11) is 0. The van der Waals surface area contributed by atoms with Crippen LogP contribution in [-0.2, 0) is 22.6 Å². The molecular formula is C20H22F2N2O3. The maximum Gasteiger partial charge on any atom is 0.351 e. The van der Waals surface area contributed by atoms with E-state index in [0.29, 0.717) is 11.1 Å². The Kier molecular flexibility index (Phi) is 7.01. The fraction of sp³-hybridized carbons (Fsp3) is 0.300. The fourth-order valence-electron chi connectivity index (χ4n) is 2.65. The van der Waals surface area contributed by atoms with Crippen LogP contribution in [0.2, 0.25) is 0 Å². The molecule has 0 spiro atoms. The number of aliphatic hydroxyl groups excluding tert-OH is 1. The van der Waals surface area contributed by atoms with Crippen molar-refractivity contribution < 1.29 is 23.5 Å². The minimum absolute atomic E-state index is 0.0385. The van der Waals surface area contributed by atoms with Gasteiger partial charge in [-0.2, -0.15) is 8.78 Å². The van der Waals surface area contributed by atoms with Gasteiger partial charge in [-0.05, 0) is 17.5 Å². The number of carbonyl (C=O) groups is 2. The van der Waals surface area contributed by atoms with Crippen LogP contribution in [0.25, 0.3) is 0 Å². The second kappa shape index (κ2) is 9.23. The molecule has 0 saturated carbocycles. The van der Waals surface area contributed by atoms with Gasteiger partial charge >= 0.3 is 5.92 Å². The lowest BCUT2D eigenvalue weighted by Gasteiger charge is -2.29. The van der Waals surface area contributed by atoms with E-state index in [1.807, 2.05) is 0 Å². The van der Waals surface area contributed by atoms with Gasteiger partial charge in [-0.3, -0.25) is 9.59 Å². The molecule has 0 aliphatic heterocycles. The third-order valence-electron chi connectivity index (χ3n) is 4.04. The second-order valence-electron chi connectivity index (χ2n) is 6.23. The third-order valence-corrected chi connectivity index (χ3v) is 4.04. The molecule has 0 radical (unpaired) electrons. The molecule has 0 aliphatic rings. The van der Waals surface area contributed by atoms with Gasteiger partial charge in [0, 0.05) is 13.5 Å². The normalized spacial score (nSPS) is 13.5. The van der Waals surface area contributed by atoms with Crippen LogP contribution in [0.1, 0.15) is 18.1 Å². The van der Waals surface area contributed by atoms with E-state index in [0.717, 1.165) is 0 Å². The van der Waals surface area contributed by atoms with E-state index in [4.69, 9.17) is 0 Å². The van der Waals surface area contributed by atoms with Crippen LogP contribution in [-0.4, -0.2) is 35.0 Å². The standard InChI is InChI=1S/C20H22F2N2O3/c1-14(25)24-17(12-15-8-4-2-5-9-15)18(26)20(21,22)19(27)23-13-16-10-6-3-7-11-16/h2-11,17-18,26H,12-13H2,1H3,(H,23,27)(H,24,25). The van der Waals surface area contributed by atoms with Crippen molar-refractivity contribution in [3.63, 3.8) is 0 Å². The summed E-state index contributed by atoms with van der Waals surface area (Å²) in [5.74, 6) is -6.24. The molecule has 2 aromatic rings. The van der Waals surface area contributed by atoms with E-state index in [1.165, 1.54) is 6.92 Å². The maximum atomic E-state index is 14.5. The fourth-order valence-corrected chi connectivity index (χ4v) is 2.65. The second-order valence-corrected chi connectivity index (χ2v) is 6.23. The molecule has 2 atom stereocenters. The number of amides is 2. The molecule has 2 rings (SSSR count). The SMILES string of the molecule is CC(=O)NC(Cc1ccccc1)C(O)C(F)(F)C(=O)NCc1ccccc1. The molecule has 7 heteroatoms. The number of nitrogens with one attached hydrogen (secondary N) is 2. The molecule has 2 amide bonds. The molecule has 2 unspecified atom stereocenters. The number of alkyl halides is 2. The summed E-state index contributed by atoms with van der Waals surface area (Å²) in [4.78, 5) is 23.4. The summed E-state index contributed by atoms with van der Waals surface area (Å²) < 4.78 is 29.0. The smallest absolute Gasteiger partial charge is 0.351 e. The number of rotatable bonds is 8. The topological polar surface area (TPSA) is 78.4 Å². The summed E-state index contributed by atoms with van der Waals surface area (Å²) in [6.07, 6.45) is -2.42. The molecule has 0 saturated heterocycles. The number of halogens is 2. The predicted octanol–water partition coefficient (Wildman–Crippen LogP) is 2.05. The molecule has 0 bridgehead atoms. The Bertz CT molecular complexity index is 754. The largest absolute Gasteiger partial charge is 0.384 e. The van der Waals surface area contributed by atoms with Crippen LogP contribution < -0.4 is 10.6 Å². The maximum absolute atomic E-state index is 14.5.